The highest BCUT2D eigenvalue weighted by Crippen LogP contribution is 2.21. The molecule has 0 bridgehead atoms. The van der Waals surface area contributed by atoms with Gasteiger partial charge in [-0.05, 0) is 42.6 Å². The summed E-state index contributed by atoms with van der Waals surface area (Å²) in [4.78, 5) is 0. The van der Waals surface area contributed by atoms with Gasteiger partial charge in [0, 0.05) is 6.42 Å². The van der Waals surface area contributed by atoms with Crippen molar-refractivity contribution >= 4 is 0 Å². The van der Waals surface area contributed by atoms with Crippen LogP contribution >= 0.6 is 0 Å². The largest absolute Gasteiger partial charge is 0.464 e. The molecule has 0 aliphatic rings. The van der Waals surface area contributed by atoms with Crippen molar-refractivity contribution in [3.8, 4) is 0 Å². The van der Waals surface area contributed by atoms with E-state index < -0.39 is 0 Å². The van der Waals surface area contributed by atoms with Crippen LogP contribution in [0.3, 0.4) is 0 Å². The van der Waals surface area contributed by atoms with Crippen LogP contribution in [0.1, 0.15) is 49.5 Å². The molecule has 0 radical (unpaired) electrons. The van der Waals surface area contributed by atoms with E-state index in [0.717, 1.165) is 37.3 Å². The van der Waals surface area contributed by atoms with E-state index in [0.29, 0.717) is 0 Å². The second kappa shape index (κ2) is 7.30. The molecular formula is C18H25NO. The Hall–Kier alpha value is -1.54. The number of likely N-dealkylation sites (N-methyl/N-ethyl adjacent to an activating group) is 1. The van der Waals surface area contributed by atoms with Crippen LogP contribution < -0.4 is 5.32 Å². The van der Waals surface area contributed by atoms with Crippen LogP contribution in [-0.2, 0) is 19.3 Å². The molecule has 2 rings (SSSR count). The lowest BCUT2D eigenvalue weighted by Gasteiger charge is -2.16. The summed E-state index contributed by atoms with van der Waals surface area (Å²) in [5.41, 5.74) is 2.74. The van der Waals surface area contributed by atoms with E-state index >= 15 is 0 Å². The summed E-state index contributed by atoms with van der Waals surface area (Å²) in [5, 5.41) is 3.52. The van der Waals surface area contributed by atoms with Gasteiger partial charge in [0.1, 0.15) is 11.5 Å². The van der Waals surface area contributed by atoms with E-state index in [2.05, 4.69) is 62.5 Å². The van der Waals surface area contributed by atoms with E-state index in [1.165, 1.54) is 11.1 Å². The van der Waals surface area contributed by atoms with Gasteiger partial charge in [0.15, 0.2) is 0 Å². The van der Waals surface area contributed by atoms with Gasteiger partial charge in [0.2, 0.25) is 0 Å². The SMILES string of the molecule is CCNC(Cc1ccc(CC)cc1)c1ccc(CC)o1. The fourth-order valence-electron chi connectivity index (χ4n) is 2.44. The van der Waals surface area contributed by atoms with Crippen molar-refractivity contribution in [3.05, 3.63) is 59.0 Å². The molecule has 0 saturated carbocycles. The Kier molecular flexibility index (Phi) is 5.42. The van der Waals surface area contributed by atoms with Crippen LogP contribution in [0.15, 0.2) is 40.8 Å². The van der Waals surface area contributed by atoms with Crippen LogP contribution in [0.4, 0.5) is 0 Å². The Morgan fingerprint density at radius 1 is 0.900 bits per heavy atom. The Labute approximate surface area is 122 Å². The number of aryl methyl sites for hydroxylation is 2. The molecule has 0 fully saturated rings. The van der Waals surface area contributed by atoms with Crippen molar-refractivity contribution in [1.82, 2.24) is 5.32 Å². The summed E-state index contributed by atoms with van der Waals surface area (Å²) >= 11 is 0. The summed E-state index contributed by atoms with van der Waals surface area (Å²) in [7, 11) is 0. The van der Waals surface area contributed by atoms with Gasteiger partial charge in [-0.25, -0.2) is 0 Å². The molecule has 1 N–H and O–H groups in total. The summed E-state index contributed by atoms with van der Waals surface area (Å²) in [6.45, 7) is 7.39. The fraction of sp³-hybridized carbons (Fsp3) is 0.444. The predicted molar refractivity (Wildman–Crippen MR) is 84.0 cm³/mol. The van der Waals surface area contributed by atoms with E-state index in [1.807, 2.05) is 0 Å². The van der Waals surface area contributed by atoms with Crippen LogP contribution in [0, 0.1) is 0 Å². The third-order valence-electron chi connectivity index (χ3n) is 3.70. The summed E-state index contributed by atoms with van der Waals surface area (Å²) in [6.07, 6.45) is 3.01. The Bertz CT molecular complexity index is 512. The average molecular weight is 271 g/mol. The molecule has 1 atom stereocenters. The topological polar surface area (TPSA) is 25.2 Å². The third-order valence-corrected chi connectivity index (χ3v) is 3.70. The van der Waals surface area contributed by atoms with Gasteiger partial charge in [-0.2, -0.15) is 0 Å². The highest BCUT2D eigenvalue weighted by molar-refractivity contribution is 5.24. The van der Waals surface area contributed by atoms with Gasteiger partial charge in [0.25, 0.3) is 0 Å². The minimum absolute atomic E-state index is 0.257. The molecule has 20 heavy (non-hydrogen) atoms. The number of hydrogen-bond acceptors (Lipinski definition) is 2. The smallest absolute Gasteiger partial charge is 0.121 e. The first-order valence-electron chi connectivity index (χ1n) is 7.66. The molecule has 0 aliphatic carbocycles. The van der Waals surface area contributed by atoms with E-state index in [1.54, 1.807) is 0 Å². The minimum Gasteiger partial charge on any atom is -0.464 e. The second-order valence-electron chi connectivity index (χ2n) is 5.14. The lowest BCUT2D eigenvalue weighted by molar-refractivity contribution is 0.396. The normalized spacial score (nSPS) is 12.6. The standard InChI is InChI=1S/C18H25NO/c1-4-14-7-9-15(10-8-14)13-17(19-6-3)18-12-11-16(5-2)20-18/h7-12,17,19H,4-6,13H2,1-3H3. The first-order chi connectivity index (χ1) is 9.76. The Morgan fingerprint density at radius 3 is 2.15 bits per heavy atom. The van der Waals surface area contributed by atoms with Crippen molar-refractivity contribution in [3.63, 3.8) is 0 Å². The monoisotopic (exact) mass is 271 g/mol. The molecule has 1 unspecified atom stereocenters. The van der Waals surface area contributed by atoms with Crippen LogP contribution in [0.5, 0.6) is 0 Å². The summed E-state index contributed by atoms with van der Waals surface area (Å²) in [5.74, 6) is 2.10. The molecule has 2 nitrogen and oxygen atoms in total. The Balaban J connectivity index is 2.11. The zero-order valence-corrected chi connectivity index (χ0v) is 12.8. The molecule has 1 aromatic heterocycles. The van der Waals surface area contributed by atoms with Gasteiger partial charge >= 0.3 is 0 Å². The number of benzene rings is 1. The minimum atomic E-state index is 0.257. The quantitative estimate of drug-likeness (QED) is 0.812. The maximum absolute atomic E-state index is 5.90. The van der Waals surface area contributed by atoms with Crippen molar-refractivity contribution in [2.24, 2.45) is 0 Å². The van der Waals surface area contributed by atoms with Gasteiger partial charge in [-0.3, -0.25) is 0 Å². The molecule has 108 valence electrons. The van der Waals surface area contributed by atoms with Gasteiger partial charge in [0.05, 0.1) is 6.04 Å². The molecule has 1 heterocycles. The number of hydrogen-bond donors (Lipinski definition) is 1. The number of rotatable bonds is 7. The van der Waals surface area contributed by atoms with Crippen molar-refractivity contribution in [1.29, 1.82) is 0 Å². The van der Waals surface area contributed by atoms with Crippen LogP contribution in [-0.4, -0.2) is 6.54 Å². The third kappa shape index (κ3) is 3.73. The highest BCUT2D eigenvalue weighted by atomic mass is 16.3. The maximum Gasteiger partial charge on any atom is 0.121 e. The number of nitrogens with one attached hydrogen (secondary N) is 1. The van der Waals surface area contributed by atoms with Gasteiger partial charge in [-0.1, -0.05) is 45.0 Å². The molecule has 1 aromatic carbocycles. The van der Waals surface area contributed by atoms with Crippen molar-refractivity contribution in [2.45, 2.75) is 46.1 Å². The first-order valence-corrected chi connectivity index (χ1v) is 7.66. The second-order valence-corrected chi connectivity index (χ2v) is 5.14. The average Bonchev–Trinajstić information content (AvgIpc) is 2.96. The van der Waals surface area contributed by atoms with Crippen molar-refractivity contribution < 1.29 is 4.42 Å². The Morgan fingerprint density at radius 2 is 1.60 bits per heavy atom. The molecule has 0 aliphatic heterocycles. The van der Waals surface area contributed by atoms with E-state index in [-0.39, 0.29) is 6.04 Å². The maximum atomic E-state index is 5.90. The molecular weight excluding hydrogens is 246 g/mol. The van der Waals surface area contributed by atoms with Crippen LogP contribution in [0.2, 0.25) is 0 Å². The lowest BCUT2D eigenvalue weighted by atomic mass is 10.0. The molecule has 2 aromatic rings. The summed E-state index contributed by atoms with van der Waals surface area (Å²) < 4.78 is 5.90. The molecule has 0 amide bonds. The number of furan rings is 1. The molecule has 0 saturated heterocycles. The van der Waals surface area contributed by atoms with E-state index in [4.69, 9.17) is 4.42 Å². The van der Waals surface area contributed by atoms with Gasteiger partial charge < -0.3 is 9.73 Å². The lowest BCUT2D eigenvalue weighted by Crippen LogP contribution is -2.22. The molecule has 2 heteroatoms. The predicted octanol–water partition coefficient (Wildman–Crippen LogP) is 4.30. The zero-order chi connectivity index (χ0) is 14.4. The van der Waals surface area contributed by atoms with Crippen LogP contribution in [0.25, 0.3) is 0 Å². The van der Waals surface area contributed by atoms with Crippen molar-refractivity contribution in [2.75, 3.05) is 6.54 Å². The van der Waals surface area contributed by atoms with E-state index in [9.17, 15) is 0 Å². The highest BCUT2D eigenvalue weighted by Gasteiger charge is 2.15. The fourth-order valence-corrected chi connectivity index (χ4v) is 2.44. The first kappa shape index (κ1) is 14.9. The molecule has 0 spiro atoms. The zero-order valence-electron chi connectivity index (χ0n) is 12.8. The summed E-state index contributed by atoms with van der Waals surface area (Å²) in [6, 6.07) is 13.3. The van der Waals surface area contributed by atoms with Gasteiger partial charge in [-0.15, -0.1) is 0 Å².